The van der Waals surface area contributed by atoms with E-state index in [1.54, 1.807) is 7.11 Å². The number of hydrogen-bond donors (Lipinski definition) is 2. The summed E-state index contributed by atoms with van der Waals surface area (Å²) in [5.41, 5.74) is 0. The van der Waals surface area contributed by atoms with Crippen LogP contribution in [0.1, 0.15) is 19.3 Å². The highest BCUT2D eigenvalue weighted by atomic mass is 32.2. The molecular weight excluding hydrogens is 230 g/mol. The highest BCUT2D eigenvalue weighted by molar-refractivity contribution is 7.89. The minimum absolute atomic E-state index is 0.0433. The van der Waals surface area contributed by atoms with Crippen molar-refractivity contribution in [1.82, 2.24) is 14.9 Å². The van der Waals surface area contributed by atoms with Gasteiger partial charge in [0.05, 0.1) is 12.3 Å². The van der Waals surface area contributed by atoms with E-state index >= 15 is 0 Å². The van der Waals surface area contributed by atoms with Crippen molar-refractivity contribution < 1.29 is 13.2 Å². The average Bonchev–Trinajstić information content (AvgIpc) is 2.86. The van der Waals surface area contributed by atoms with E-state index < -0.39 is 10.0 Å². The van der Waals surface area contributed by atoms with E-state index in [1.807, 2.05) is 0 Å². The van der Waals surface area contributed by atoms with E-state index in [0.29, 0.717) is 0 Å². The van der Waals surface area contributed by atoms with E-state index in [-0.39, 0.29) is 17.2 Å². The lowest BCUT2D eigenvalue weighted by Crippen LogP contribution is -2.33. The molecule has 6 nitrogen and oxygen atoms in total. The fourth-order valence-electron chi connectivity index (χ4n) is 1.94. The smallest absolute Gasteiger partial charge is 0.257 e. The van der Waals surface area contributed by atoms with Gasteiger partial charge in [0.25, 0.3) is 10.0 Å². The lowest BCUT2D eigenvalue weighted by Gasteiger charge is -2.12. The Labute approximate surface area is 94.4 Å². The van der Waals surface area contributed by atoms with E-state index in [9.17, 15) is 8.42 Å². The number of H-pyrrole nitrogens is 1. The third kappa shape index (κ3) is 2.42. The van der Waals surface area contributed by atoms with Crippen molar-refractivity contribution in [3.8, 4) is 0 Å². The molecule has 90 valence electrons. The molecule has 2 N–H and O–H groups in total. The monoisotopic (exact) mass is 245 g/mol. The second-order valence-corrected chi connectivity index (χ2v) is 5.59. The molecular formula is C9H15N3O3S. The van der Waals surface area contributed by atoms with Crippen LogP contribution in [0.3, 0.4) is 0 Å². The molecule has 1 aromatic heterocycles. The lowest BCUT2D eigenvalue weighted by atomic mass is 10.3. The highest BCUT2D eigenvalue weighted by Crippen LogP contribution is 2.22. The summed E-state index contributed by atoms with van der Waals surface area (Å²) in [6.07, 6.45) is 4.01. The first-order valence-corrected chi connectivity index (χ1v) is 6.64. The Bertz CT molecular complexity index is 429. The molecule has 0 radical (unpaired) electrons. The summed E-state index contributed by atoms with van der Waals surface area (Å²) >= 11 is 0. The molecule has 0 amide bonds. The van der Waals surface area contributed by atoms with Gasteiger partial charge in [-0.15, -0.1) is 0 Å². The molecule has 2 unspecified atom stereocenters. The highest BCUT2D eigenvalue weighted by Gasteiger charge is 2.28. The molecule has 1 aliphatic rings. The molecule has 0 bridgehead atoms. The lowest BCUT2D eigenvalue weighted by molar-refractivity contribution is 0.107. The second-order valence-electron chi connectivity index (χ2n) is 3.91. The van der Waals surface area contributed by atoms with Crippen LogP contribution < -0.4 is 4.72 Å². The number of methoxy groups -OCH3 is 1. The molecule has 16 heavy (non-hydrogen) atoms. The van der Waals surface area contributed by atoms with Crippen LogP contribution in [-0.2, 0) is 14.8 Å². The molecule has 1 fully saturated rings. The fourth-order valence-corrected chi connectivity index (χ4v) is 3.13. The van der Waals surface area contributed by atoms with Crippen LogP contribution in [0.5, 0.6) is 0 Å². The molecule has 2 atom stereocenters. The van der Waals surface area contributed by atoms with Crippen LogP contribution in [0, 0.1) is 0 Å². The van der Waals surface area contributed by atoms with Crippen molar-refractivity contribution in [3.63, 3.8) is 0 Å². The molecule has 1 aromatic rings. The zero-order valence-electron chi connectivity index (χ0n) is 9.01. The van der Waals surface area contributed by atoms with Crippen molar-refractivity contribution in [2.75, 3.05) is 7.11 Å². The van der Waals surface area contributed by atoms with Crippen molar-refractivity contribution in [3.05, 3.63) is 12.3 Å². The summed E-state index contributed by atoms with van der Waals surface area (Å²) in [6, 6.07) is 1.39. The Morgan fingerprint density at radius 2 is 2.38 bits per heavy atom. The second kappa shape index (κ2) is 4.52. The molecule has 2 rings (SSSR count). The van der Waals surface area contributed by atoms with E-state index in [4.69, 9.17) is 4.74 Å². The van der Waals surface area contributed by atoms with Crippen LogP contribution in [0.2, 0.25) is 0 Å². The summed E-state index contributed by atoms with van der Waals surface area (Å²) in [5.74, 6) is 0. The van der Waals surface area contributed by atoms with Crippen LogP contribution in [0.15, 0.2) is 17.3 Å². The largest absolute Gasteiger partial charge is 0.381 e. The number of hydrogen-bond acceptors (Lipinski definition) is 4. The Kier molecular flexibility index (Phi) is 3.27. The maximum absolute atomic E-state index is 11.8. The first-order chi connectivity index (χ1) is 7.62. The maximum Gasteiger partial charge on any atom is 0.257 e. The van der Waals surface area contributed by atoms with Crippen LogP contribution in [0.4, 0.5) is 0 Å². The van der Waals surface area contributed by atoms with Crippen molar-refractivity contribution in [1.29, 1.82) is 0 Å². The molecule has 0 aliphatic heterocycles. The minimum Gasteiger partial charge on any atom is -0.381 e. The third-order valence-electron chi connectivity index (χ3n) is 2.80. The minimum atomic E-state index is -3.46. The number of nitrogens with zero attached hydrogens (tertiary/aromatic N) is 1. The Balaban J connectivity index is 2.00. The SMILES string of the molecule is COC1CCC(NS(=O)(=O)c2ccn[nH]2)C1. The topological polar surface area (TPSA) is 84.1 Å². The maximum atomic E-state index is 11.8. The summed E-state index contributed by atoms with van der Waals surface area (Å²) in [4.78, 5) is 0. The normalized spacial score (nSPS) is 26.1. The van der Waals surface area contributed by atoms with Crippen molar-refractivity contribution >= 4 is 10.0 Å². The number of rotatable bonds is 4. The Morgan fingerprint density at radius 3 is 2.94 bits per heavy atom. The first-order valence-electron chi connectivity index (χ1n) is 5.16. The van der Waals surface area contributed by atoms with Gasteiger partial charge in [0.2, 0.25) is 0 Å². The van der Waals surface area contributed by atoms with Crippen molar-refractivity contribution in [2.45, 2.75) is 36.4 Å². The van der Waals surface area contributed by atoms with Gasteiger partial charge >= 0.3 is 0 Å². The number of nitrogens with one attached hydrogen (secondary N) is 2. The van der Waals surface area contributed by atoms with E-state index in [2.05, 4.69) is 14.9 Å². The van der Waals surface area contributed by atoms with E-state index in [0.717, 1.165) is 19.3 Å². The van der Waals surface area contributed by atoms with Gasteiger partial charge in [0.15, 0.2) is 5.03 Å². The number of sulfonamides is 1. The van der Waals surface area contributed by atoms with Gasteiger partial charge in [-0.1, -0.05) is 0 Å². The number of aromatic nitrogens is 2. The van der Waals surface area contributed by atoms with Gasteiger partial charge in [-0.2, -0.15) is 5.10 Å². The summed E-state index contributed by atoms with van der Waals surface area (Å²) < 4.78 is 31.5. The standard InChI is InChI=1S/C9H15N3O3S/c1-15-8-3-2-7(6-8)12-16(13,14)9-4-5-10-11-9/h4-5,7-8,12H,2-3,6H2,1H3,(H,10,11). The summed E-state index contributed by atoms with van der Waals surface area (Å²) in [7, 11) is -1.81. The fraction of sp³-hybridized carbons (Fsp3) is 0.667. The third-order valence-corrected chi connectivity index (χ3v) is 4.25. The summed E-state index contributed by atoms with van der Waals surface area (Å²) in [6.45, 7) is 0. The predicted octanol–water partition coefficient (Wildman–Crippen LogP) is 0.255. The molecule has 7 heteroatoms. The van der Waals surface area contributed by atoms with Gasteiger partial charge in [0, 0.05) is 13.2 Å². The zero-order valence-corrected chi connectivity index (χ0v) is 9.83. The van der Waals surface area contributed by atoms with Crippen LogP contribution in [0.25, 0.3) is 0 Å². The van der Waals surface area contributed by atoms with E-state index in [1.165, 1.54) is 12.3 Å². The molecule has 0 saturated heterocycles. The molecule has 0 spiro atoms. The van der Waals surface area contributed by atoms with Crippen LogP contribution >= 0.6 is 0 Å². The predicted molar refractivity (Wildman–Crippen MR) is 57.3 cm³/mol. The van der Waals surface area contributed by atoms with Gasteiger partial charge in [0.1, 0.15) is 0 Å². The van der Waals surface area contributed by atoms with Crippen LogP contribution in [-0.4, -0.2) is 37.9 Å². The van der Waals surface area contributed by atoms with Crippen molar-refractivity contribution in [2.24, 2.45) is 0 Å². The Morgan fingerprint density at radius 1 is 1.56 bits per heavy atom. The van der Waals surface area contributed by atoms with Gasteiger partial charge < -0.3 is 4.74 Å². The summed E-state index contributed by atoms with van der Waals surface area (Å²) in [5, 5.41) is 6.18. The van der Waals surface area contributed by atoms with Gasteiger partial charge in [-0.3, -0.25) is 5.10 Å². The quantitative estimate of drug-likeness (QED) is 0.796. The average molecular weight is 245 g/mol. The number of aromatic amines is 1. The molecule has 1 aliphatic carbocycles. The molecule has 0 aromatic carbocycles. The molecule has 1 saturated carbocycles. The van der Waals surface area contributed by atoms with Gasteiger partial charge in [-0.25, -0.2) is 13.1 Å². The molecule has 1 heterocycles. The first kappa shape index (κ1) is 11.6. The van der Waals surface area contributed by atoms with Gasteiger partial charge in [-0.05, 0) is 25.3 Å². The zero-order chi connectivity index (χ0) is 11.6. The number of ether oxygens (including phenoxy) is 1. The Hall–Kier alpha value is -0.920.